The molecule has 116 valence electrons. The zero-order chi connectivity index (χ0) is 15.9. The lowest BCUT2D eigenvalue weighted by Gasteiger charge is -2.10. The van der Waals surface area contributed by atoms with E-state index in [0.717, 1.165) is 6.07 Å². The molecule has 1 aromatic carbocycles. The van der Waals surface area contributed by atoms with Crippen LogP contribution < -0.4 is 10.7 Å². The molecule has 1 aliphatic rings. The van der Waals surface area contributed by atoms with Gasteiger partial charge in [0.1, 0.15) is 5.58 Å². The number of halogens is 1. The molecule has 0 spiro atoms. The van der Waals surface area contributed by atoms with Gasteiger partial charge in [-0.1, -0.05) is 11.6 Å². The third-order valence-corrected chi connectivity index (χ3v) is 5.48. The predicted molar refractivity (Wildman–Crippen MR) is 82.0 cm³/mol. The van der Waals surface area contributed by atoms with E-state index in [2.05, 4.69) is 5.32 Å². The van der Waals surface area contributed by atoms with Crippen LogP contribution >= 0.6 is 11.6 Å². The summed E-state index contributed by atoms with van der Waals surface area (Å²) in [6.07, 6.45) is 0.363. The minimum absolute atomic E-state index is 0.0537. The van der Waals surface area contributed by atoms with Crippen LogP contribution in [0.4, 0.5) is 0 Å². The first-order chi connectivity index (χ1) is 10.3. The quantitative estimate of drug-likeness (QED) is 0.890. The van der Waals surface area contributed by atoms with Gasteiger partial charge in [0.2, 0.25) is 0 Å². The second-order valence-electron chi connectivity index (χ2n) is 5.19. The Kier molecular flexibility index (Phi) is 3.70. The molecule has 1 atom stereocenters. The molecular formula is C14H12ClNO5S. The Morgan fingerprint density at radius 2 is 2.09 bits per heavy atom. The summed E-state index contributed by atoms with van der Waals surface area (Å²) in [7, 11) is -3.09. The highest BCUT2D eigenvalue weighted by Crippen LogP contribution is 2.18. The SMILES string of the molecule is O=C(N[C@H]1CCS(=O)(=O)C1)c1cc(=O)c2cc(Cl)ccc2o1. The molecule has 2 aromatic rings. The number of carbonyl (C=O) groups is 1. The number of rotatable bonds is 2. The smallest absolute Gasteiger partial charge is 0.287 e. The minimum atomic E-state index is -3.09. The average Bonchev–Trinajstić information content (AvgIpc) is 2.78. The maximum Gasteiger partial charge on any atom is 0.287 e. The first-order valence-corrected chi connectivity index (χ1v) is 8.79. The summed E-state index contributed by atoms with van der Waals surface area (Å²) >= 11 is 5.82. The van der Waals surface area contributed by atoms with Gasteiger partial charge in [0.05, 0.1) is 16.9 Å². The highest BCUT2D eigenvalue weighted by molar-refractivity contribution is 7.91. The van der Waals surface area contributed by atoms with Gasteiger partial charge in [-0.2, -0.15) is 0 Å². The summed E-state index contributed by atoms with van der Waals surface area (Å²) in [4.78, 5) is 24.1. The monoisotopic (exact) mass is 341 g/mol. The zero-order valence-electron chi connectivity index (χ0n) is 11.3. The van der Waals surface area contributed by atoms with E-state index in [9.17, 15) is 18.0 Å². The number of amides is 1. The maximum atomic E-state index is 12.1. The van der Waals surface area contributed by atoms with Crippen molar-refractivity contribution in [3.05, 3.63) is 45.3 Å². The van der Waals surface area contributed by atoms with Gasteiger partial charge in [-0.25, -0.2) is 8.42 Å². The number of sulfone groups is 1. The Bertz CT molecular complexity index is 918. The number of fused-ring (bicyclic) bond motifs is 1. The van der Waals surface area contributed by atoms with Crippen LogP contribution in [-0.2, 0) is 9.84 Å². The summed E-state index contributed by atoms with van der Waals surface area (Å²) in [6.45, 7) is 0. The van der Waals surface area contributed by atoms with Crippen LogP contribution in [0.5, 0.6) is 0 Å². The highest BCUT2D eigenvalue weighted by atomic mass is 35.5. The van der Waals surface area contributed by atoms with Gasteiger partial charge in [0, 0.05) is 17.1 Å². The second-order valence-corrected chi connectivity index (χ2v) is 7.85. The summed E-state index contributed by atoms with van der Waals surface area (Å²) in [6, 6.07) is 5.16. The lowest BCUT2D eigenvalue weighted by Crippen LogP contribution is -2.35. The summed E-state index contributed by atoms with van der Waals surface area (Å²) in [5.74, 6) is -0.787. The Morgan fingerprint density at radius 1 is 1.32 bits per heavy atom. The fourth-order valence-electron chi connectivity index (χ4n) is 2.41. The normalized spacial score (nSPS) is 20.1. The predicted octanol–water partition coefficient (Wildman–Crippen LogP) is 1.36. The molecule has 3 rings (SSSR count). The molecule has 1 aromatic heterocycles. The molecule has 1 saturated heterocycles. The lowest BCUT2D eigenvalue weighted by molar-refractivity contribution is 0.0913. The van der Waals surface area contributed by atoms with Gasteiger partial charge in [0.15, 0.2) is 21.0 Å². The van der Waals surface area contributed by atoms with Crippen LogP contribution in [0.15, 0.2) is 33.5 Å². The molecule has 22 heavy (non-hydrogen) atoms. The van der Waals surface area contributed by atoms with Gasteiger partial charge < -0.3 is 9.73 Å². The van der Waals surface area contributed by atoms with Crippen molar-refractivity contribution in [2.75, 3.05) is 11.5 Å². The molecule has 0 radical (unpaired) electrons. The average molecular weight is 342 g/mol. The highest BCUT2D eigenvalue weighted by Gasteiger charge is 2.29. The molecule has 1 fully saturated rings. The third kappa shape index (κ3) is 3.00. The van der Waals surface area contributed by atoms with Crippen LogP contribution in [0.3, 0.4) is 0 Å². The van der Waals surface area contributed by atoms with Gasteiger partial charge in [0.25, 0.3) is 5.91 Å². The Hall–Kier alpha value is -1.86. The summed E-state index contributed by atoms with van der Waals surface area (Å²) in [5, 5.41) is 3.26. The Labute approximate surface area is 131 Å². The van der Waals surface area contributed by atoms with E-state index in [1.165, 1.54) is 12.1 Å². The van der Waals surface area contributed by atoms with Gasteiger partial charge in [-0.05, 0) is 24.6 Å². The van der Waals surface area contributed by atoms with Gasteiger partial charge >= 0.3 is 0 Å². The molecule has 2 heterocycles. The standard InChI is InChI=1S/C14H12ClNO5S/c15-8-1-2-12-10(5-8)11(17)6-13(21-12)14(18)16-9-3-4-22(19,20)7-9/h1-2,5-6,9H,3-4,7H2,(H,16,18)/t9-/m0/s1. The molecule has 0 aliphatic carbocycles. The maximum absolute atomic E-state index is 12.1. The molecule has 1 aliphatic heterocycles. The fourth-order valence-corrected chi connectivity index (χ4v) is 4.25. The molecule has 0 saturated carbocycles. The summed E-state index contributed by atoms with van der Waals surface area (Å²) < 4.78 is 28.2. The number of nitrogens with one attached hydrogen (secondary N) is 1. The number of hydrogen-bond acceptors (Lipinski definition) is 5. The van der Waals surface area contributed by atoms with Crippen molar-refractivity contribution in [3.8, 4) is 0 Å². The van der Waals surface area contributed by atoms with Crippen molar-refractivity contribution in [3.63, 3.8) is 0 Å². The van der Waals surface area contributed by atoms with E-state index in [4.69, 9.17) is 16.0 Å². The van der Waals surface area contributed by atoms with Gasteiger partial charge in [-0.3, -0.25) is 9.59 Å². The first kappa shape index (κ1) is 15.1. The largest absolute Gasteiger partial charge is 0.451 e. The number of hydrogen-bond donors (Lipinski definition) is 1. The topological polar surface area (TPSA) is 93.5 Å². The fraction of sp³-hybridized carbons (Fsp3) is 0.286. The molecule has 6 nitrogen and oxygen atoms in total. The van der Waals surface area contributed by atoms with E-state index in [1.807, 2.05) is 0 Å². The van der Waals surface area contributed by atoms with E-state index in [1.54, 1.807) is 6.07 Å². The molecule has 0 bridgehead atoms. The van der Waals surface area contributed by atoms with Crippen LogP contribution in [0.25, 0.3) is 11.0 Å². The van der Waals surface area contributed by atoms with Crippen molar-refractivity contribution in [1.82, 2.24) is 5.32 Å². The second kappa shape index (κ2) is 5.40. The van der Waals surface area contributed by atoms with E-state index >= 15 is 0 Å². The first-order valence-electron chi connectivity index (χ1n) is 6.59. The van der Waals surface area contributed by atoms with Crippen molar-refractivity contribution < 1.29 is 17.6 Å². The minimum Gasteiger partial charge on any atom is -0.451 e. The zero-order valence-corrected chi connectivity index (χ0v) is 12.9. The van der Waals surface area contributed by atoms with Crippen LogP contribution in [-0.4, -0.2) is 31.9 Å². The molecular weight excluding hydrogens is 330 g/mol. The van der Waals surface area contributed by atoms with Crippen LogP contribution in [0.2, 0.25) is 5.02 Å². The van der Waals surface area contributed by atoms with E-state index in [0.29, 0.717) is 11.4 Å². The van der Waals surface area contributed by atoms with Gasteiger partial charge in [-0.15, -0.1) is 0 Å². The molecule has 1 N–H and O–H groups in total. The van der Waals surface area contributed by atoms with Crippen LogP contribution in [0.1, 0.15) is 17.0 Å². The van der Waals surface area contributed by atoms with E-state index < -0.39 is 21.8 Å². The third-order valence-electron chi connectivity index (χ3n) is 3.48. The van der Waals surface area contributed by atoms with Crippen molar-refractivity contribution in [2.45, 2.75) is 12.5 Å². The molecule has 1 amide bonds. The lowest BCUT2D eigenvalue weighted by atomic mass is 10.2. The van der Waals surface area contributed by atoms with Crippen molar-refractivity contribution in [1.29, 1.82) is 0 Å². The van der Waals surface area contributed by atoms with Crippen molar-refractivity contribution >= 4 is 38.3 Å². The Morgan fingerprint density at radius 3 is 2.77 bits per heavy atom. The summed E-state index contributed by atoms with van der Waals surface area (Å²) in [5.41, 5.74) is -0.131. The van der Waals surface area contributed by atoms with E-state index in [-0.39, 0.29) is 33.7 Å². The van der Waals surface area contributed by atoms with Crippen LogP contribution in [0, 0.1) is 0 Å². The Balaban J connectivity index is 1.89. The molecule has 0 unspecified atom stereocenters. The molecule has 8 heteroatoms. The number of carbonyl (C=O) groups excluding carboxylic acids is 1. The van der Waals surface area contributed by atoms with Crippen molar-refractivity contribution in [2.24, 2.45) is 0 Å². The number of benzene rings is 1.